The van der Waals surface area contributed by atoms with Crippen LogP contribution >= 0.6 is 11.6 Å². The average Bonchev–Trinajstić information content (AvgIpc) is 2.10. The molecule has 0 radical (unpaired) electrons. The summed E-state index contributed by atoms with van der Waals surface area (Å²) in [5.41, 5.74) is 2.28. The van der Waals surface area contributed by atoms with Gasteiger partial charge in [-0.05, 0) is 30.2 Å². The summed E-state index contributed by atoms with van der Waals surface area (Å²) in [4.78, 5) is 0. The molecule has 0 aromatic heterocycles. The van der Waals surface area contributed by atoms with Crippen LogP contribution in [-0.2, 0) is 0 Å². The predicted molar refractivity (Wildman–Crippen MR) is 55.3 cm³/mol. The van der Waals surface area contributed by atoms with Gasteiger partial charge in [-0.2, -0.15) is 0 Å². The Labute approximate surface area is 78.2 Å². The Balaban J connectivity index is 3.04. The largest absolute Gasteiger partial charge is 0.0985 e. The first-order valence-corrected chi connectivity index (χ1v) is 4.20. The highest BCUT2D eigenvalue weighted by Gasteiger charge is 1.94. The quantitative estimate of drug-likeness (QED) is 0.602. The van der Waals surface area contributed by atoms with E-state index in [1.165, 1.54) is 0 Å². The van der Waals surface area contributed by atoms with Gasteiger partial charge in [0.05, 0.1) is 0 Å². The van der Waals surface area contributed by atoms with Gasteiger partial charge in [0.25, 0.3) is 0 Å². The maximum atomic E-state index is 5.76. The van der Waals surface area contributed by atoms with Crippen LogP contribution in [0.2, 0.25) is 5.02 Å². The monoisotopic (exact) mass is 178 g/mol. The van der Waals surface area contributed by atoms with E-state index in [4.69, 9.17) is 11.6 Å². The van der Waals surface area contributed by atoms with Crippen LogP contribution in [0.25, 0.3) is 5.57 Å². The highest BCUT2D eigenvalue weighted by Crippen LogP contribution is 2.17. The van der Waals surface area contributed by atoms with Gasteiger partial charge in [-0.1, -0.05) is 42.5 Å². The Bertz CT molecular complexity index is 293. The second kappa shape index (κ2) is 4.13. The summed E-state index contributed by atoms with van der Waals surface area (Å²) >= 11 is 5.76. The van der Waals surface area contributed by atoms with Gasteiger partial charge in [0, 0.05) is 5.02 Å². The second-order valence-electron chi connectivity index (χ2n) is 2.46. The lowest BCUT2D eigenvalue weighted by molar-refractivity contribution is 1.60. The summed E-state index contributed by atoms with van der Waals surface area (Å²) in [6, 6.07) is 7.73. The van der Waals surface area contributed by atoms with E-state index in [0.29, 0.717) is 0 Å². The summed E-state index contributed by atoms with van der Waals surface area (Å²) in [5.74, 6) is 0. The molecule has 1 rings (SSSR count). The molecule has 0 saturated heterocycles. The molecule has 0 saturated carbocycles. The van der Waals surface area contributed by atoms with Crippen molar-refractivity contribution in [3.8, 4) is 0 Å². The van der Waals surface area contributed by atoms with Crippen molar-refractivity contribution >= 4 is 17.2 Å². The highest BCUT2D eigenvalue weighted by atomic mass is 35.5. The van der Waals surface area contributed by atoms with Crippen molar-refractivity contribution in [3.63, 3.8) is 0 Å². The van der Waals surface area contributed by atoms with Crippen LogP contribution in [0.3, 0.4) is 0 Å². The van der Waals surface area contributed by atoms with Gasteiger partial charge in [-0.15, -0.1) is 0 Å². The van der Waals surface area contributed by atoms with Gasteiger partial charge >= 0.3 is 0 Å². The molecule has 0 N–H and O–H groups in total. The molecule has 1 aromatic rings. The first-order chi connectivity index (χ1) is 5.77. The van der Waals surface area contributed by atoms with Crippen molar-refractivity contribution < 1.29 is 0 Å². The smallest absolute Gasteiger partial charge is 0.0406 e. The first kappa shape index (κ1) is 9.08. The number of benzene rings is 1. The molecule has 0 amide bonds. The summed E-state index contributed by atoms with van der Waals surface area (Å²) in [7, 11) is 0. The summed E-state index contributed by atoms with van der Waals surface area (Å²) in [5, 5.41) is 0.762. The van der Waals surface area contributed by atoms with Crippen molar-refractivity contribution in [2.45, 2.75) is 6.92 Å². The van der Waals surface area contributed by atoms with Crippen molar-refractivity contribution in [2.24, 2.45) is 0 Å². The Morgan fingerprint density at radius 3 is 2.33 bits per heavy atom. The van der Waals surface area contributed by atoms with Gasteiger partial charge in [0.15, 0.2) is 0 Å². The lowest BCUT2D eigenvalue weighted by Crippen LogP contribution is -1.78. The SMILES string of the molecule is C=C/C(=C/C)c1ccc(Cl)cc1. The zero-order valence-electron chi connectivity index (χ0n) is 7.05. The van der Waals surface area contributed by atoms with E-state index in [0.717, 1.165) is 16.2 Å². The second-order valence-corrected chi connectivity index (χ2v) is 2.89. The zero-order valence-corrected chi connectivity index (χ0v) is 7.81. The molecule has 0 fully saturated rings. The first-order valence-electron chi connectivity index (χ1n) is 3.82. The third-order valence-electron chi connectivity index (χ3n) is 1.71. The van der Waals surface area contributed by atoms with E-state index >= 15 is 0 Å². The number of hydrogen-bond acceptors (Lipinski definition) is 0. The topological polar surface area (TPSA) is 0 Å². The standard InChI is InChI=1S/C11H11Cl/c1-3-9(4-2)10-5-7-11(12)8-6-10/h3-8H,1H2,2H3/b9-4-. The van der Waals surface area contributed by atoms with Crippen molar-refractivity contribution in [1.29, 1.82) is 0 Å². The van der Waals surface area contributed by atoms with E-state index in [2.05, 4.69) is 6.58 Å². The van der Waals surface area contributed by atoms with Gasteiger partial charge in [0.2, 0.25) is 0 Å². The Morgan fingerprint density at radius 1 is 1.33 bits per heavy atom. The lowest BCUT2D eigenvalue weighted by atomic mass is 10.1. The third kappa shape index (κ3) is 1.99. The fourth-order valence-electron chi connectivity index (χ4n) is 1.04. The van der Waals surface area contributed by atoms with E-state index in [9.17, 15) is 0 Å². The van der Waals surface area contributed by atoms with Crippen LogP contribution < -0.4 is 0 Å². The lowest BCUT2D eigenvalue weighted by Gasteiger charge is -2.00. The molecule has 1 heteroatoms. The number of rotatable bonds is 2. The molecule has 0 heterocycles. The minimum absolute atomic E-state index is 0.762. The molecule has 12 heavy (non-hydrogen) atoms. The van der Waals surface area contributed by atoms with Crippen LogP contribution in [0.5, 0.6) is 0 Å². The average molecular weight is 179 g/mol. The van der Waals surface area contributed by atoms with Crippen LogP contribution in [0.4, 0.5) is 0 Å². The van der Waals surface area contributed by atoms with Gasteiger partial charge in [0.1, 0.15) is 0 Å². The van der Waals surface area contributed by atoms with Crippen LogP contribution in [0.1, 0.15) is 12.5 Å². The Morgan fingerprint density at radius 2 is 1.92 bits per heavy atom. The Kier molecular flexibility index (Phi) is 3.12. The van der Waals surface area contributed by atoms with E-state index in [-0.39, 0.29) is 0 Å². The highest BCUT2D eigenvalue weighted by molar-refractivity contribution is 6.30. The number of hydrogen-bond donors (Lipinski definition) is 0. The molecule has 0 aliphatic carbocycles. The fourth-order valence-corrected chi connectivity index (χ4v) is 1.17. The van der Waals surface area contributed by atoms with Gasteiger partial charge in [-0.25, -0.2) is 0 Å². The minimum atomic E-state index is 0.762. The summed E-state index contributed by atoms with van der Waals surface area (Å²) in [6.07, 6.45) is 3.86. The van der Waals surface area contributed by atoms with Crippen molar-refractivity contribution in [2.75, 3.05) is 0 Å². The van der Waals surface area contributed by atoms with Crippen LogP contribution in [0, 0.1) is 0 Å². The normalized spacial score (nSPS) is 11.3. The third-order valence-corrected chi connectivity index (χ3v) is 1.96. The van der Waals surface area contributed by atoms with Gasteiger partial charge < -0.3 is 0 Å². The maximum Gasteiger partial charge on any atom is 0.0406 e. The number of halogens is 1. The number of allylic oxidation sites excluding steroid dienone is 3. The molecule has 0 aliphatic rings. The van der Waals surface area contributed by atoms with E-state index in [1.54, 1.807) is 0 Å². The minimum Gasteiger partial charge on any atom is -0.0985 e. The molecular weight excluding hydrogens is 168 g/mol. The fraction of sp³-hybridized carbons (Fsp3) is 0.0909. The summed E-state index contributed by atoms with van der Waals surface area (Å²) < 4.78 is 0. The van der Waals surface area contributed by atoms with Crippen molar-refractivity contribution in [1.82, 2.24) is 0 Å². The predicted octanol–water partition coefficient (Wildman–Crippen LogP) is 3.93. The molecular formula is C11H11Cl. The Hall–Kier alpha value is -1.01. The van der Waals surface area contributed by atoms with E-state index < -0.39 is 0 Å². The zero-order chi connectivity index (χ0) is 8.97. The van der Waals surface area contributed by atoms with Crippen LogP contribution in [0.15, 0.2) is 43.0 Å². The summed E-state index contributed by atoms with van der Waals surface area (Å²) in [6.45, 7) is 5.72. The molecule has 0 aliphatic heterocycles. The molecule has 0 bridgehead atoms. The molecule has 62 valence electrons. The molecule has 0 unspecified atom stereocenters. The van der Waals surface area contributed by atoms with Crippen LogP contribution in [-0.4, -0.2) is 0 Å². The molecule has 0 atom stereocenters. The molecule has 0 nitrogen and oxygen atoms in total. The molecule has 0 spiro atoms. The van der Waals surface area contributed by atoms with Crippen molar-refractivity contribution in [3.05, 3.63) is 53.6 Å². The van der Waals surface area contributed by atoms with Gasteiger partial charge in [-0.3, -0.25) is 0 Å². The molecule has 1 aromatic carbocycles. The van der Waals surface area contributed by atoms with E-state index in [1.807, 2.05) is 43.3 Å². The maximum absolute atomic E-state index is 5.76.